The van der Waals surface area contributed by atoms with Crippen molar-refractivity contribution in [1.82, 2.24) is 9.78 Å². The van der Waals surface area contributed by atoms with E-state index in [9.17, 15) is 4.79 Å². The number of hydrogen-bond donors (Lipinski definition) is 1. The van der Waals surface area contributed by atoms with Crippen LogP contribution < -0.4 is 10.1 Å². The molecule has 4 rings (SSSR count). The number of rotatable bonds is 7. The van der Waals surface area contributed by atoms with Crippen molar-refractivity contribution in [3.05, 3.63) is 98.5 Å². The molecule has 164 valence electrons. The van der Waals surface area contributed by atoms with Crippen LogP contribution in [0.1, 0.15) is 27.6 Å². The molecule has 0 unspecified atom stereocenters. The number of nitrogens with zero attached hydrogens (tertiary/aromatic N) is 2. The van der Waals surface area contributed by atoms with Crippen LogP contribution in [0, 0.1) is 6.92 Å². The minimum absolute atomic E-state index is 0.147. The number of carbonyl (C=O) groups excluding carboxylic acids is 1. The Bertz CT molecular complexity index is 1270. The van der Waals surface area contributed by atoms with Crippen molar-refractivity contribution in [2.45, 2.75) is 20.1 Å². The first-order valence-corrected chi connectivity index (χ1v) is 10.8. The van der Waals surface area contributed by atoms with Gasteiger partial charge in [-0.25, -0.2) is 0 Å². The maximum Gasteiger partial charge on any atom is 0.292 e. The molecular formula is C23H18Cl3N3O3. The zero-order valence-corrected chi connectivity index (χ0v) is 19.2. The summed E-state index contributed by atoms with van der Waals surface area (Å²) in [6, 6.07) is 17.6. The Labute approximate surface area is 199 Å². The zero-order valence-electron chi connectivity index (χ0n) is 16.9. The highest BCUT2D eigenvalue weighted by Crippen LogP contribution is 2.25. The van der Waals surface area contributed by atoms with E-state index >= 15 is 0 Å². The molecule has 0 aliphatic heterocycles. The van der Waals surface area contributed by atoms with Crippen LogP contribution in [0.4, 0.5) is 5.82 Å². The van der Waals surface area contributed by atoms with Gasteiger partial charge in [0.1, 0.15) is 18.1 Å². The summed E-state index contributed by atoms with van der Waals surface area (Å²) < 4.78 is 13.0. The summed E-state index contributed by atoms with van der Waals surface area (Å²) in [5, 5.41) is 8.67. The summed E-state index contributed by atoms with van der Waals surface area (Å²) in [6.07, 6.45) is 0. The summed E-state index contributed by atoms with van der Waals surface area (Å²) in [6.45, 7) is 2.54. The minimum Gasteiger partial charge on any atom is -0.484 e. The van der Waals surface area contributed by atoms with Crippen molar-refractivity contribution in [2.75, 3.05) is 5.32 Å². The second kappa shape index (κ2) is 9.69. The number of carbonyl (C=O) groups is 1. The molecule has 0 aliphatic rings. The average molecular weight is 491 g/mol. The molecule has 32 heavy (non-hydrogen) atoms. The molecule has 1 amide bonds. The lowest BCUT2D eigenvalue weighted by molar-refractivity contribution is 0.0992. The number of aromatic nitrogens is 2. The molecule has 0 radical (unpaired) electrons. The van der Waals surface area contributed by atoms with Gasteiger partial charge in [0, 0.05) is 11.8 Å². The molecule has 2 aromatic heterocycles. The minimum atomic E-state index is -0.409. The topological polar surface area (TPSA) is 69.3 Å². The largest absolute Gasteiger partial charge is 0.484 e. The van der Waals surface area contributed by atoms with Crippen molar-refractivity contribution in [3.63, 3.8) is 0 Å². The Hall–Kier alpha value is -2.93. The van der Waals surface area contributed by atoms with Gasteiger partial charge >= 0.3 is 0 Å². The van der Waals surface area contributed by atoms with Crippen molar-refractivity contribution >= 4 is 46.5 Å². The fourth-order valence-electron chi connectivity index (χ4n) is 3.01. The van der Waals surface area contributed by atoms with Crippen LogP contribution in [-0.4, -0.2) is 15.7 Å². The predicted molar refractivity (Wildman–Crippen MR) is 125 cm³/mol. The Morgan fingerprint density at radius 3 is 2.62 bits per heavy atom. The molecule has 0 saturated carbocycles. The molecule has 0 fully saturated rings. The van der Waals surface area contributed by atoms with Gasteiger partial charge in [-0.05, 0) is 48.9 Å². The molecule has 2 aromatic carbocycles. The van der Waals surface area contributed by atoms with Gasteiger partial charge in [-0.15, -0.1) is 0 Å². The Morgan fingerprint density at radius 1 is 1.03 bits per heavy atom. The van der Waals surface area contributed by atoms with Crippen LogP contribution in [0.15, 0.2) is 65.1 Å². The summed E-state index contributed by atoms with van der Waals surface area (Å²) in [4.78, 5) is 12.6. The normalized spacial score (nSPS) is 10.9. The molecule has 4 aromatic rings. The number of aryl methyl sites for hydroxylation is 1. The highest BCUT2D eigenvalue weighted by molar-refractivity contribution is 6.42. The van der Waals surface area contributed by atoms with Crippen LogP contribution in [0.2, 0.25) is 15.1 Å². The fraction of sp³-hybridized carbons (Fsp3) is 0.130. The number of hydrogen-bond acceptors (Lipinski definition) is 4. The van der Waals surface area contributed by atoms with Crippen LogP contribution in [0.25, 0.3) is 0 Å². The summed E-state index contributed by atoms with van der Waals surface area (Å²) in [5.74, 6) is 1.20. The van der Waals surface area contributed by atoms with E-state index in [2.05, 4.69) is 10.4 Å². The number of ether oxygens (including phenoxy) is 1. The van der Waals surface area contributed by atoms with Crippen molar-refractivity contribution < 1.29 is 13.9 Å². The Balaban J connectivity index is 1.38. The molecule has 0 bridgehead atoms. The van der Waals surface area contributed by atoms with Crippen LogP contribution >= 0.6 is 34.8 Å². The lowest BCUT2D eigenvalue weighted by atomic mass is 10.2. The number of amides is 1. The number of furan rings is 1. The summed E-state index contributed by atoms with van der Waals surface area (Å²) in [7, 11) is 0. The first-order valence-electron chi connectivity index (χ1n) is 9.65. The maximum atomic E-state index is 12.6. The van der Waals surface area contributed by atoms with Gasteiger partial charge in [0.15, 0.2) is 11.6 Å². The third-order valence-electron chi connectivity index (χ3n) is 4.63. The quantitative estimate of drug-likeness (QED) is 0.316. The van der Waals surface area contributed by atoms with E-state index in [0.717, 1.165) is 11.3 Å². The van der Waals surface area contributed by atoms with E-state index in [1.54, 1.807) is 47.1 Å². The second-order valence-electron chi connectivity index (χ2n) is 7.02. The first-order chi connectivity index (χ1) is 15.4. The van der Waals surface area contributed by atoms with Crippen molar-refractivity contribution in [1.29, 1.82) is 0 Å². The number of para-hydroxylation sites is 1. The molecule has 0 aliphatic carbocycles. The first kappa shape index (κ1) is 22.3. The molecule has 0 spiro atoms. The van der Waals surface area contributed by atoms with Gasteiger partial charge in [0.05, 0.1) is 21.6 Å². The molecule has 0 saturated heterocycles. The van der Waals surface area contributed by atoms with Gasteiger partial charge in [0.2, 0.25) is 0 Å². The SMILES string of the molecule is Cc1cc(NC(=O)c2ccc(COc3ccccc3Cl)o2)nn1Cc1ccc(Cl)c(Cl)c1. The molecular weight excluding hydrogens is 473 g/mol. The predicted octanol–water partition coefficient (Wildman–Crippen LogP) is 6.62. The highest BCUT2D eigenvalue weighted by atomic mass is 35.5. The molecule has 1 N–H and O–H groups in total. The number of nitrogens with one attached hydrogen (secondary N) is 1. The fourth-order valence-corrected chi connectivity index (χ4v) is 3.52. The van der Waals surface area contributed by atoms with Gasteiger partial charge < -0.3 is 14.5 Å². The highest BCUT2D eigenvalue weighted by Gasteiger charge is 2.15. The van der Waals surface area contributed by atoms with Crippen LogP contribution in [0.3, 0.4) is 0 Å². The van der Waals surface area contributed by atoms with Crippen LogP contribution in [0.5, 0.6) is 5.75 Å². The lowest BCUT2D eigenvalue weighted by Gasteiger charge is -2.06. The summed E-state index contributed by atoms with van der Waals surface area (Å²) in [5.41, 5.74) is 1.82. The Kier molecular flexibility index (Phi) is 6.74. The van der Waals surface area contributed by atoms with Gasteiger partial charge in [-0.2, -0.15) is 5.10 Å². The lowest BCUT2D eigenvalue weighted by Crippen LogP contribution is -2.12. The molecule has 2 heterocycles. The van der Waals surface area contributed by atoms with E-state index in [1.807, 2.05) is 25.1 Å². The Morgan fingerprint density at radius 2 is 1.84 bits per heavy atom. The van der Waals surface area contributed by atoms with Crippen molar-refractivity contribution in [3.8, 4) is 5.75 Å². The van der Waals surface area contributed by atoms with Crippen LogP contribution in [-0.2, 0) is 13.2 Å². The van der Waals surface area contributed by atoms with Gasteiger partial charge in [-0.1, -0.05) is 53.0 Å². The zero-order chi connectivity index (χ0) is 22.7. The summed E-state index contributed by atoms with van der Waals surface area (Å²) >= 11 is 18.1. The van der Waals surface area contributed by atoms with Crippen molar-refractivity contribution in [2.24, 2.45) is 0 Å². The standard InChI is InChI=1S/C23H18Cl3N3O3/c1-14-10-22(28-29(14)12-15-6-8-17(24)19(26)11-15)27-23(30)21-9-7-16(32-21)13-31-20-5-3-2-4-18(20)25/h2-11H,12-13H2,1H3,(H,27,28,30). The van der Waals surface area contributed by atoms with E-state index in [1.165, 1.54) is 0 Å². The number of anilines is 1. The third-order valence-corrected chi connectivity index (χ3v) is 5.68. The maximum absolute atomic E-state index is 12.6. The third kappa shape index (κ3) is 5.27. The number of benzene rings is 2. The van der Waals surface area contributed by atoms with E-state index in [4.69, 9.17) is 44.0 Å². The second-order valence-corrected chi connectivity index (χ2v) is 8.24. The van der Waals surface area contributed by atoms with E-state index in [0.29, 0.717) is 38.9 Å². The van der Waals surface area contributed by atoms with Gasteiger partial charge in [0.25, 0.3) is 5.91 Å². The van der Waals surface area contributed by atoms with Gasteiger partial charge in [-0.3, -0.25) is 9.48 Å². The van der Waals surface area contributed by atoms with E-state index < -0.39 is 5.91 Å². The molecule has 9 heteroatoms. The monoisotopic (exact) mass is 489 g/mol. The molecule has 0 atom stereocenters. The average Bonchev–Trinajstić information content (AvgIpc) is 3.37. The smallest absolute Gasteiger partial charge is 0.292 e. The molecule has 6 nitrogen and oxygen atoms in total. The number of halogens is 3. The van der Waals surface area contributed by atoms with E-state index in [-0.39, 0.29) is 12.4 Å².